The van der Waals surface area contributed by atoms with Crippen LogP contribution in [0.5, 0.6) is 0 Å². The van der Waals surface area contributed by atoms with Crippen LogP contribution in [0.1, 0.15) is 40.5 Å². The smallest absolute Gasteiger partial charge is 0.264 e. The van der Waals surface area contributed by atoms with Crippen LogP contribution in [0.15, 0.2) is 0 Å². The number of carbonyl (C=O) groups is 2. The summed E-state index contributed by atoms with van der Waals surface area (Å²) in [6.07, 6.45) is -0.723. The van der Waals surface area contributed by atoms with Gasteiger partial charge in [0.2, 0.25) is 0 Å². The zero-order valence-corrected chi connectivity index (χ0v) is 10.3. The first-order chi connectivity index (χ1) is 7.42. The molecule has 0 fully saturated rings. The molecule has 4 nitrogen and oxygen atoms in total. The lowest BCUT2D eigenvalue weighted by atomic mass is 10.2. The number of hydrogen-bond acceptors (Lipinski definition) is 2. The van der Waals surface area contributed by atoms with Crippen LogP contribution in [-0.2, 0) is 9.59 Å². The number of halogens is 1. The number of amides is 2. The normalized spacial score (nSPS) is 16.1. The molecule has 0 aliphatic carbocycles. The van der Waals surface area contributed by atoms with Gasteiger partial charge in [0.1, 0.15) is 0 Å². The number of hydrogen-bond donors (Lipinski definition) is 2. The highest BCUT2D eigenvalue weighted by atomic mass is 19.1. The molecule has 0 spiro atoms. The summed E-state index contributed by atoms with van der Waals surface area (Å²) in [7, 11) is 0. The minimum Gasteiger partial charge on any atom is -0.351 e. The molecule has 16 heavy (non-hydrogen) atoms. The van der Waals surface area contributed by atoms with Crippen molar-refractivity contribution in [3.05, 3.63) is 0 Å². The van der Waals surface area contributed by atoms with Gasteiger partial charge in [-0.05, 0) is 26.7 Å². The lowest BCUT2D eigenvalue weighted by Crippen LogP contribution is -2.47. The number of rotatable bonds is 6. The molecule has 0 aliphatic heterocycles. The summed E-state index contributed by atoms with van der Waals surface area (Å²) < 4.78 is 13.4. The third-order valence-corrected chi connectivity index (χ3v) is 2.46. The van der Waals surface area contributed by atoms with E-state index in [1.165, 1.54) is 0 Å². The van der Waals surface area contributed by atoms with E-state index in [9.17, 15) is 14.0 Å². The van der Waals surface area contributed by atoms with Crippen LogP contribution in [0, 0.1) is 0 Å². The third-order valence-electron chi connectivity index (χ3n) is 2.46. The van der Waals surface area contributed by atoms with E-state index in [0.29, 0.717) is 12.8 Å². The lowest BCUT2D eigenvalue weighted by Gasteiger charge is -2.16. The molecule has 0 radical (unpaired) electrons. The Morgan fingerprint density at radius 2 is 1.31 bits per heavy atom. The standard InChI is InChI=1S/C11H21FN2O2/c1-5-7(3)13-10(15)9(12)11(16)14-8(4)6-2/h7-9H,5-6H2,1-4H3,(H,13,15)(H,14,16). The van der Waals surface area contributed by atoms with E-state index < -0.39 is 18.0 Å². The fraction of sp³-hybridized carbons (Fsp3) is 0.818. The quantitative estimate of drug-likeness (QED) is 0.675. The van der Waals surface area contributed by atoms with E-state index in [1.807, 2.05) is 13.8 Å². The minimum absolute atomic E-state index is 0.123. The van der Waals surface area contributed by atoms with Gasteiger partial charge < -0.3 is 10.6 Å². The van der Waals surface area contributed by atoms with Crippen LogP contribution in [0.2, 0.25) is 0 Å². The average Bonchev–Trinajstić information content (AvgIpc) is 2.27. The molecule has 0 aromatic rings. The minimum atomic E-state index is -2.12. The Morgan fingerprint density at radius 1 is 1.00 bits per heavy atom. The molecule has 0 rings (SSSR count). The maximum atomic E-state index is 13.4. The summed E-state index contributed by atoms with van der Waals surface area (Å²) in [4.78, 5) is 22.6. The summed E-state index contributed by atoms with van der Waals surface area (Å²) in [6, 6.07) is -0.246. The topological polar surface area (TPSA) is 58.2 Å². The Labute approximate surface area is 96.0 Å². The van der Waals surface area contributed by atoms with Crippen molar-refractivity contribution >= 4 is 11.8 Å². The number of alkyl halides is 1. The monoisotopic (exact) mass is 232 g/mol. The van der Waals surface area contributed by atoms with Crippen molar-refractivity contribution < 1.29 is 14.0 Å². The summed E-state index contributed by atoms with van der Waals surface area (Å²) in [5, 5.41) is 4.85. The van der Waals surface area contributed by atoms with E-state index in [0.717, 1.165) is 0 Å². The molecular weight excluding hydrogens is 211 g/mol. The predicted molar refractivity (Wildman–Crippen MR) is 60.7 cm³/mol. The zero-order valence-electron chi connectivity index (χ0n) is 10.3. The van der Waals surface area contributed by atoms with Crippen molar-refractivity contribution in [2.75, 3.05) is 0 Å². The second-order valence-electron chi connectivity index (χ2n) is 4.00. The van der Waals surface area contributed by atoms with Crippen molar-refractivity contribution in [1.82, 2.24) is 10.6 Å². The zero-order chi connectivity index (χ0) is 12.7. The van der Waals surface area contributed by atoms with Gasteiger partial charge in [0, 0.05) is 12.1 Å². The van der Waals surface area contributed by atoms with Crippen molar-refractivity contribution in [2.24, 2.45) is 0 Å². The molecule has 0 saturated heterocycles. The van der Waals surface area contributed by atoms with E-state index >= 15 is 0 Å². The van der Waals surface area contributed by atoms with Gasteiger partial charge in [-0.3, -0.25) is 9.59 Å². The van der Waals surface area contributed by atoms with Crippen molar-refractivity contribution in [3.63, 3.8) is 0 Å². The van der Waals surface area contributed by atoms with E-state index in [-0.39, 0.29) is 12.1 Å². The summed E-state index contributed by atoms with van der Waals surface area (Å²) >= 11 is 0. The molecular formula is C11H21FN2O2. The van der Waals surface area contributed by atoms with E-state index in [2.05, 4.69) is 10.6 Å². The summed E-state index contributed by atoms with van der Waals surface area (Å²) in [6.45, 7) is 7.27. The Balaban J connectivity index is 4.16. The molecule has 0 aromatic carbocycles. The SMILES string of the molecule is CCC(C)NC(=O)C(F)C(=O)NC(C)CC. The first-order valence-electron chi connectivity index (χ1n) is 5.67. The van der Waals surface area contributed by atoms with Crippen LogP contribution in [0.4, 0.5) is 4.39 Å². The van der Waals surface area contributed by atoms with Gasteiger partial charge in [0.25, 0.3) is 18.0 Å². The largest absolute Gasteiger partial charge is 0.351 e. The Bertz CT molecular complexity index is 222. The van der Waals surface area contributed by atoms with E-state index in [1.54, 1.807) is 13.8 Å². The maximum absolute atomic E-state index is 13.4. The first kappa shape index (κ1) is 14.9. The molecule has 0 bridgehead atoms. The Hall–Kier alpha value is -1.13. The van der Waals surface area contributed by atoms with Gasteiger partial charge in [-0.15, -0.1) is 0 Å². The number of nitrogens with one attached hydrogen (secondary N) is 2. The van der Waals surface area contributed by atoms with E-state index in [4.69, 9.17) is 0 Å². The highest BCUT2D eigenvalue weighted by Gasteiger charge is 2.27. The first-order valence-corrected chi connectivity index (χ1v) is 5.67. The molecule has 2 N–H and O–H groups in total. The van der Waals surface area contributed by atoms with Crippen molar-refractivity contribution in [1.29, 1.82) is 0 Å². The fourth-order valence-corrected chi connectivity index (χ4v) is 0.955. The highest BCUT2D eigenvalue weighted by Crippen LogP contribution is 1.97. The van der Waals surface area contributed by atoms with Crippen LogP contribution in [0.25, 0.3) is 0 Å². The van der Waals surface area contributed by atoms with Crippen molar-refractivity contribution in [3.8, 4) is 0 Å². The number of carbonyl (C=O) groups excluding carboxylic acids is 2. The average molecular weight is 232 g/mol. The van der Waals surface area contributed by atoms with Crippen LogP contribution < -0.4 is 10.6 Å². The van der Waals surface area contributed by atoms with Gasteiger partial charge in [0.15, 0.2) is 0 Å². The van der Waals surface area contributed by atoms with Crippen LogP contribution >= 0.6 is 0 Å². The summed E-state index contributed by atoms with van der Waals surface area (Å²) in [5.74, 6) is -1.73. The molecule has 2 atom stereocenters. The molecule has 2 amide bonds. The van der Waals surface area contributed by atoms with Gasteiger partial charge in [-0.25, -0.2) is 4.39 Å². The molecule has 0 aliphatic rings. The van der Waals surface area contributed by atoms with Gasteiger partial charge in [0.05, 0.1) is 0 Å². The molecule has 2 unspecified atom stereocenters. The third kappa shape index (κ3) is 5.09. The summed E-state index contributed by atoms with van der Waals surface area (Å²) in [5.41, 5.74) is 0. The van der Waals surface area contributed by atoms with Gasteiger partial charge >= 0.3 is 0 Å². The fourth-order valence-electron chi connectivity index (χ4n) is 0.955. The highest BCUT2D eigenvalue weighted by molar-refractivity contribution is 6.03. The second-order valence-corrected chi connectivity index (χ2v) is 4.00. The Morgan fingerprint density at radius 3 is 1.56 bits per heavy atom. The second kappa shape index (κ2) is 7.19. The van der Waals surface area contributed by atoms with Gasteiger partial charge in [-0.2, -0.15) is 0 Å². The maximum Gasteiger partial charge on any atom is 0.264 e. The Kier molecular flexibility index (Phi) is 6.69. The lowest BCUT2D eigenvalue weighted by molar-refractivity contribution is -0.137. The van der Waals surface area contributed by atoms with Crippen molar-refractivity contribution in [2.45, 2.75) is 58.8 Å². The van der Waals surface area contributed by atoms with Gasteiger partial charge in [-0.1, -0.05) is 13.8 Å². The molecule has 0 heterocycles. The molecule has 5 heteroatoms. The van der Waals surface area contributed by atoms with Crippen LogP contribution in [0.3, 0.4) is 0 Å². The predicted octanol–water partition coefficient (Wildman–Crippen LogP) is 1.15. The molecule has 0 saturated carbocycles. The molecule has 0 aromatic heterocycles. The molecule has 94 valence electrons. The van der Waals surface area contributed by atoms with Crippen LogP contribution in [-0.4, -0.2) is 30.1 Å².